The number of fused-ring (bicyclic) bond motifs is 2. The van der Waals surface area contributed by atoms with Crippen molar-refractivity contribution in [1.82, 2.24) is 9.97 Å². The van der Waals surface area contributed by atoms with Gasteiger partial charge in [-0.1, -0.05) is 18.2 Å². The molecule has 1 aromatic carbocycles. The van der Waals surface area contributed by atoms with Crippen LogP contribution in [0, 0.1) is 0 Å². The number of carbonyl (C=O) groups is 1. The van der Waals surface area contributed by atoms with Crippen LogP contribution in [0.25, 0.3) is 0 Å². The Balaban J connectivity index is 1.55. The second kappa shape index (κ2) is 5.63. The first-order chi connectivity index (χ1) is 12.3. The molecular formula is C20H21N3O2. The van der Waals surface area contributed by atoms with E-state index in [0.717, 1.165) is 56.8 Å². The molecule has 2 aromatic rings. The number of amides is 1. The summed E-state index contributed by atoms with van der Waals surface area (Å²) in [5.74, 6) is 0.468. The lowest BCUT2D eigenvalue weighted by atomic mass is 9.76. The average molecular weight is 335 g/mol. The van der Waals surface area contributed by atoms with Crippen molar-refractivity contribution in [2.75, 3.05) is 24.7 Å². The fraction of sp³-hybridized carbons (Fsp3) is 0.450. The molecule has 128 valence electrons. The highest BCUT2D eigenvalue weighted by molar-refractivity contribution is 6.08. The summed E-state index contributed by atoms with van der Waals surface area (Å²) in [6.45, 7) is 2.25. The van der Waals surface area contributed by atoms with Crippen LogP contribution in [0.3, 0.4) is 0 Å². The summed E-state index contributed by atoms with van der Waals surface area (Å²) in [7, 11) is 0. The molecule has 25 heavy (non-hydrogen) atoms. The highest BCUT2D eigenvalue weighted by Crippen LogP contribution is 2.47. The molecular weight excluding hydrogens is 314 g/mol. The predicted molar refractivity (Wildman–Crippen MR) is 93.9 cm³/mol. The molecule has 5 rings (SSSR count). The summed E-state index contributed by atoms with van der Waals surface area (Å²) in [6, 6.07) is 8.33. The number of benzene rings is 1. The van der Waals surface area contributed by atoms with Crippen LogP contribution < -0.4 is 4.90 Å². The van der Waals surface area contributed by atoms with Gasteiger partial charge in [0, 0.05) is 43.0 Å². The third kappa shape index (κ3) is 2.37. The van der Waals surface area contributed by atoms with Gasteiger partial charge < -0.3 is 9.64 Å². The second-order valence-corrected chi connectivity index (χ2v) is 7.40. The highest BCUT2D eigenvalue weighted by atomic mass is 16.5. The Hall–Kier alpha value is -2.27. The quantitative estimate of drug-likeness (QED) is 0.846. The maximum atomic E-state index is 13.4. The predicted octanol–water partition coefficient (Wildman–Crippen LogP) is 3.06. The van der Waals surface area contributed by atoms with E-state index in [9.17, 15) is 4.79 Å². The van der Waals surface area contributed by atoms with Crippen LogP contribution in [0.15, 0.2) is 36.8 Å². The van der Waals surface area contributed by atoms with E-state index in [0.29, 0.717) is 11.5 Å². The molecule has 2 aliphatic heterocycles. The fourth-order valence-corrected chi connectivity index (χ4v) is 4.33. The number of rotatable bonds is 2. The van der Waals surface area contributed by atoms with Gasteiger partial charge in [-0.15, -0.1) is 0 Å². The zero-order valence-corrected chi connectivity index (χ0v) is 14.1. The first kappa shape index (κ1) is 15.0. The van der Waals surface area contributed by atoms with Crippen LogP contribution in [-0.4, -0.2) is 35.6 Å². The van der Waals surface area contributed by atoms with E-state index >= 15 is 0 Å². The molecule has 0 radical (unpaired) electrons. The Morgan fingerprint density at radius 2 is 2.00 bits per heavy atom. The van der Waals surface area contributed by atoms with Gasteiger partial charge in [-0.25, -0.2) is 9.97 Å². The molecule has 0 unspecified atom stereocenters. The number of anilines is 1. The first-order valence-corrected chi connectivity index (χ1v) is 9.07. The van der Waals surface area contributed by atoms with E-state index in [1.807, 2.05) is 11.0 Å². The third-order valence-electron chi connectivity index (χ3n) is 5.86. The summed E-state index contributed by atoms with van der Waals surface area (Å²) >= 11 is 0. The molecule has 1 saturated carbocycles. The van der Waals surface area contributed by atoms with E-state index in [4.69, 9.17) is 4.74 Å². The van der Waals surface area contributed by atoms with Gasteiger partial charge in [0.1, 0.15) is 6.33 Å². The molecule has 1 saturated heterocycles. The monoisotopic (exact) mass is 335 g/mol. The van der Waals surface area contributed by atoms with Gasteiger partial charge in [0.2, 0.25) is 0 Å². The molecule has 2 fully saturated rings. The molecule has 0 atom stereocenters. The van der Waals surface area contributed by atoms with Crippen LogP contribution >= 0.6 is 0 Å². The van der Waals surface area contributed by atoms with Crippen LogP contribution in [0.1, 0.15) is 53.2 Å². The minimum absolute atomic E-state index is 0.0277. The number of ether oxygens (including phenoxy) is 1. The Bertz CT molecular complexity index is 825. The number of nitrogens with zero attached hydrogens (tertiary/aromatic N) is 3. The van der Waals surface area contributed by atoms with Crippen LogP contribution in [0.2, 0.25) is 0 Å². The van der Waals surface area contributed by atoms with Gasteiger partial charge in [-0.05, 0) is 37.3 Å². The van der Waals surface area contributed by atoms with Crippen molar-refractivity contribution in [2.24, 2.45) is 0 Å². The molecule has 0 N–H and O–H groups in total. The summed E-state index contributed by atoms with van der Waals surface area (Å²) in [5, 5.41) is 0. The number of hydrogen-bond donors (Lipinski definition) is 0. The van der Waals surface area contributed by atoms with Crippen molar-refractivity contribution in [1.29, 1.82) is 0 Å². The number of hydrogen-bond acceptors (Lipinski definition) is 4. The lowest BCUT2D eigenvalue weighted by Crippen LogP contribution is -2.41. The summed E-state index contributed by atoms with van der Waals surface area (Å²) in [4.78, 5) is 23.9. The van der Waals surface area contributed by atoms with Crippen LogP contribution in [-0.2, 0) is 10.2 Å². The zero-order valence-electron chi connectivity index (χ0n) is 14.1. The smallest absolute Gasteiger partial charge is 0.261 e. The molecule has 3 aliphatic rings. The summed E-state index contributed by atoms with van der Waals surface area (Å²) in [5.41, 5.74) is 3.95. The standard InChI is InChI=1S/C20H21N3O2/c24-19(15-11-21-13-22-18(15)14-5-6-14)23-12-20(7-9-25-10-8-20)16-3-1-2-4-17(16)23/h1-4,11,13-14H,5-10,12H2. The van der Waals surface area contributed by atoms with Gasteiger partial charge in [-0.3, -0.25) is 4.79 Å². The van der Waals surface area contributed by atoms with Crippen LogP contribution in [0.4, 0.5) is 5.69 Å². The van der Waals surface area contributed by atoms with E-state index in [2.05, 4.69) is 28.2 Å². The number of para-hydroxylation sites is 1. The van der Waals surface area contributed by atoms with E-state index in [-0.39, 0.29) is 11.3 Å². The van der Waals surface area contributed by atoms with Crippen molar-refractivity contribution in [3.63, 3.8) is 0 Å². The largest absolute Gasteiger partial charge is 0.381 e. The molecule has 5 nitrogen and oxygen atoms in total. The Morgan fingerprint density at radius 3 is 2.80 bits per heavy atom. The third-order valence-corrected chi connectivity index (χ3v) is 5.86. The van der Waals surface area contributed by atoms with Crippen molar-refractivity contribution in [3.8, 4) is 0 Å². The second-order valence-electron chi connectivity index (χ2n) is 7.40. The van der Waals surface area contributed by atoms with Gasteiger partial charge >= 0.3 is 0 Å². The molecule has 1 spiro atoms. The molecule has 0 bridgehead atoms. The summed E-state index contributed by atoms with van der Waals surface area (Å²) in [6.07, 6.45) is 7.43. The van der Waals surface area contributed by atoms with Crippen LogP contribution in [0.5, 0.6) is 0 Å². The first-order valence-electron chi connectivity index (χ1n) is 9.07. The minimum Gasteiger partial charge on any atom is -0.381 e. The SMILES string of the molecule is O=C(c1cncnc1C1CC1)N1CC2(CCOCC2)c2ccccc21. The topological polar surface area (TPSA) is 55.3 Å². The van der Waals surface area contributed by atoms with Crippen molar-refractivity contribution in [2.45, 2.75) is 37.0 Å². The molecule has 3 heterocycles. The Morgan fingerprint density at radius 1 is 1.20 bits per heavy atom. The lowest BCUT2D eigenvalue weighted by molar-refractivity contribution is 0.0547. The maximum absolute atomic E-state index is 13.4. The normalized spacial score (nSPS) is 21.4. The molecule has 5 heteroatoms. The van der Waals surface area contributed by atoms with Crippen molar-refractivity contribution in [3.05, 3.63) is 53.6 Å². The van der Waals surface area contributed by atoms with Crippen molar-refractivity contribution >= 4 is 11.6 Å². The molecule has 1 amide bonds. The fourth-order valence-electron chi connectivity index (χ4n) is 4.33. The van der Waals surface area contributed by atoms with E-state index < -0.39 is 0 Å². The van der Waals surface area contributed by atoms with Gasteiger partial charge in [0.05, 0.1) is 11.3 Å². The van der Waals surface area contributed by atoms with Gasteiger partial charge in [0.15, 0.2) is 0 Å². The number of carbonyl (C=O) groups excluding carboxylic acids is 1. The molecule has 1 aliphatic carbocycles. The highest BCUT2D eigenvalue weighted by Gasteiger charge is 2.46. The van der Waals surface area contributed by atoms with Gasteiger partial charge in [-0.2, -0.15) is 0 Å². The zero-order chi connectivity index (χ0) is 16.9. The molecule has 1 aromatic heterocycles. The summed E-state index contributed by atoms with van der Waals surface area (Å²) < 4.78 is 5.59. The number of aromatic nitrogens is 2. The van der Waals surface area contributed by atoms with E-state index in [1.54, 1.807) is 12.5 Å². The lowest BCUT2D eigenvalue weighted by Gasteiger charge is -2.34. The Labute approximate surface area is 147 Å². The van der Waals surface area contributed by atoms with Crippen molar-refractivity contribution < 1.29 is 9.53 Å². The average Bonchev–Trinajstić information content (AvgIpc) is 3.47. The Kier molecular flexibility index (Phi) is 3.38. The minimum atomic E-state index is 0.0277. The van der Waals surface area contributed by atoms with E-state index in [1.165, 1.54) is 5.56 Å². The maximum Gasteiger partial charge on any atom is 0.261 e. The van der Waals surface area contributed by atoms with Gasteiger partial charge in [0.25, 0.3) is 5.91 Å².